The van der Waals surface area contributed by atoms with Crippen LogP contribution in [0, 0.1) is 11.6 Å². The normalized spacial score (nSPS) is 10.1. The summed E-state index contributed by atoms with van der Waals surface area (Å²) in [6.45, 7) is 0. The molecule has 0 unspecified atom stereocenters. The van der Waals surface area contributed by atoms with Gasteiger partial charge in [0.2, 0.25) is 0 Å². The molecule has 8 heteroatoms. The largest absolute Gasteiger partial charge is 0.478 e. The number of nitrogens with one attached hydrogen (secondary N) is 2. The molecule has 4 rings (SSSR count). The lowest BCUT2D eigenvalue weighted by Crippen LogP contribution is -2.02. The topological polar surface area (TPSA) is 95.2 Å². The molecule has 0 saturated heterocycles. The fourth-order valence-electron chi connectivity index (χ4n) is 2.70. The Balaban J connectivity index is 0.000000194. The fraction of sp³-hybridized carbons (Fsp3) is 0.100. The van der Waals surface area contributed by atoms with Gasteiger partial charge in [0.05, 0.1) is 29.3 Å². The molecule has 2 aromatic heterocycles. The Labute approximate surface area is 158 Å². The van der Waals surface area contributed by atoms with Gasteiger partial charge in [-0.3, -0.25) is 0 Å². The van der Waals surface area contributed by atoms with Crippen LogP contribution in [0.2, 0.25) is 0 Å². The van der Waals surface area contributed by atoms with Crippen molar-refractivity contribution in [3.63, 3.8) is 0 Å². The molecule has 0 radical (unpaired) electrons. The number of aromatic amines is 2. The second kappa shape index (κ2) is 8.34. The molecule has 28 heavy (non-hydrogen) atoms. The predicted octanol–water partition coefficient (Wildman–Crippen LogP) is 4.73. The van der Waals surface area contributed by atoms with Gasteiger partial charge < -0.3 is 19.8 Å². The van der Waals surface area contributed by atoms with E-state index in [1.165, 1.54) is 37.6 Å². The van der Waals surface area contributed by atoms with Gasteiger partial charge in [-0.1, -0.05) is 7.43 Å². The summed E-state index contributed by atoms with van der Waals surface area (Å²) in [6, 6.07) is 8.15. The van der Waals surface area contributed by atoms with Crippen LogP contribution in [0.15, 0.2) is 48.8 Å². The maximum Gasteiger partial charge on any atom is 0.339 e. The molecule has 146 valence electrons. The zero-order chi connectivity index (χ0) is 19.6. The summed E-state index contributed by atoms with van der Waals surface area (Å²) in [5, 5.41) is 9.45. The summed E-state index contributed by atoms with van der Waals surface area (Å²) in [5.74, 6) is -2.31. The lowest BCUT2D eigenvalue weighted by Gasteiger charge is -2.01. The van der Waals surface area contributed by atoms with E-state index in [0.29, 0.717) is 27.4 Å². The van der Waals surface area contributed by atoms with Gasteiger partial charge in [-0.05, 0) is 36.4 Å². The summed E-state index contributed by atoms with van der Waals surface area (Å²) in [7, 11) is 1.29. The Morgan fingerprint density at radius 1 is 0.857 bits per heavy atom. The Kier molecular flexibility index (Phi) is 6.15. The van der Waals surface area contributed by atoms with Crippen LogP contribution in [0.25, 0.3) is 21.8 Å². The number of halogens is 2. The van der Waals surface area contributed by atoms with E-state index in [9.17, 15) is 18.4 Å². The highest BCUT2D eigenvalue weighted by molar-refractivity contribution is 6.03. The van der Waals surface area contributed by atoms with E-state index in [1.807, 2.05) is 0 Å². The van der Waals surface area contributed by atoms with Crippen molar-refractivity contribution >= 4 is 33.7 Å². The van der Waals surface area contributed by atoms with Gasteiger partial charge >= 0.3 is 11.9 Å². The van der Waals surface area contributed by atoms with Crippen LogP contribution in [0.4, 0.5) is 8.78 Å². The molecule has 4 aromatic rings. The van der Waals surface area contributed by atoms with Crippen molar-refractivity contribution in [2.45, 2.75) is 7.43 Å². The van der Waals surface area contributed by atoms with Crippen molar-refractivity contribution in [2.75, 3.05) is 7.11 Å². The maximum atomic E-state index is 13.2. The molecule has 0 aliphatic heterocycles. The van der Waals surface area contributed by atoms with Gasteiger partial charge in [-0.2, -0.15) is 0 Å². The minimum absolute atomic E-state index is 0. The van der Waals surface area contributed by atoms with Crippen LogP contribution in [-0.4, -0.2) is 34.1 Å². The van der Waals surface area contributed by atoms with Crippen LogP contribution in [-0.2, 0) is 4.74 Å². The summed E-state index contributed by atoms with van der Waals surface area (Å²) >= 11 is 0. The maximum absolute atomic E-state index is 13.2. The lowest BCUT2D eigenvalue weighted by molar-refractivity contribution is 0.0601. The number of aromatic carboxylic acids is 1. The van der Waals surface area contributed by atoms with Crippen molar-refractivity contribution in [1.29, 1.82) is 0 Å². The summed E-state index contributed by atoms with van der Waals surface area (Å²) in [5.41, 5.74) is 1.22. The van der Waals surface area contributed by atoms with Gasteiger partial charge in [-0.15, -0.1) is 0 Å². The molecule has 2 aromatic carbocycles. The third kappa shape index (κ3) is 3.71. The molecule has 3 N–H and O–H groups in total. The molecule has 0 spiro atoms. The Morgan fingerprint density at radius 3 is 1.79 bits per heavy atom. The highest BCUT2D eigenvalue weighted by Gasteiger charge is 2.13. The number of aromatic nitrogens is 2. The number of benzene rings is 2. The van der Waals surface area contributed by atoms with Crippen molar-refractivity contribution in [2.24, 2.45) is 0 Å². The van der Waals surface area contributed by atoms with Crippen LogP contribution >= 0.6 is 0 Å². The number of methoxy groups -OCH3 is 1. The van der Waals surface area contributed by atoms with Gasteiger partial charge in [0.1, 0.15) is 11.6 Å². The smallest absolute Gasteiger partial charge is 0.339 e. The third-order valence-electron chi connectivity index (χ3n) is 3.98. The molecule has 0 aliphatic rings. The number of H-pyrrole nitrogens is 2. The molecule has 0 aliphatic carbocycles. The number of carbonyl (C=O) groups is 2. The molecule has 0 amide bonds. The van der Waals surface area contributed by atoms with Gasteiger partial charge in [0, 0.05) is 23.2 Å². The first-order valence-electron chi connectivity index (χ1n) is 7.76. The summed E-state index contributed by atoms with van der Waals surface area (Å²) in [4.78, 5) is 27.4. The number of carbonyl (C=O) groups excluding carboxylic acids is 1. The second-order valence-electron chi connectivity index (χ2n) is 5.52. The van der Waals surface area contributed by atoms with Gasteiger partial charge in [0.15, 0.2) is 0 Å². The molecule has 0 bridgehead atoms. The van der Waals surface area contributed by atoms with E-state index in [2.05, 4.69) is 14.7 Å². The first-order valence-corrected chi connectivity index (χ1v) is 7.76. The predicted molar refractivity (Wildman–Crippen MR) is 102 cm³/mol. The van der Waals surface area contributed by atoms with Crippen molar-refractivity contribution in [3.8, 4) is 0 Å². The average molecular weight is 388 g/mol. The number of carboxylic acid groups (broad SMARTS) is 1. The number of carboxylic acids is 1. The van der Waals surface area contributed by atoms with E-state index in [-0.39, 0.29) is 18.8 Å². The quantitative estimate of drug-likeness (QED) is 0.433. The fourth-order valence-corrected chi connectivity index (χ4v) is 2.70. The monoisotopic (exact) mass is 388 g/mol. The van der Waals surface area contributed by atoms with E-state index in [1.54, 1.807) is 12.3 Å². The zero-order valence-electron chi connectivity index (χ0n) is 14.0. The molecule has 2 heterocycles. The first kappa shape index (κ1) is 20.6. The van der Waals surface area contributed by atoms with E-state index in [4.69, 9.17) is 5.11 Å². The van der Waals surface area contributed by atoms with Crippen LogP contribution < -0.4 is 0 Å². The first-order chi connectivity index (χ1) is 12.9. The van der Waals surface area contributed by atoms with Crippen molar-refractivity contribution in [3.05, 3.63) is 71.6 Å². The van der Waals surface area contributed by atoms with Gasteiger partial charge in [0.25, 0.3) is 0 Å². The van der Waals surface area contributed by atoms with Crippen molar-refractivity contribution < 1.29 is 28.2 Å². The summed E-state index contributed by atoms with van der Waals surface area (Å²) in [6.07, 6.45) is 3.10. The minimum atomic E-state index is -1.06. The molecule has 0 atom stereocenters. The van der Waals surface area contributed by atoms with Crippen LogP contribution in [0.1, 0.15) is 28.1 Å². The van der Waals surface area contributed by atoms with E-state index < -0.39 is 17.8 Å². The molecule has 0 fully saturated rings. The Hall–Kier alpha value is -3.68. The van der Waals surface area contributed by atoms with E-state index >= 15 is 0 Å². The minimum Gasteiger partial charge on any atom is -0.478 e. The standard InChI is InChI=1S/C10H8FNO2.C9H6FNO2.CH4/c1-14-10(13)7-2-3-8(11)6-4-5-12-9(6)7;10-7-2-1-6(9(12)13)8-5(7)3-4-11-8;/h2-5,12H,1H3;1-4,11H,(H,12,13);1H4. The summed E-state index contributed by atoms with van der Waals surface area (Å²) < 4.78 is 30.8. The number of hydrogen-bond donors (Lipinski definition) is 3. The molecular weight excluding hydrogens is 370 g/mol. The number of esters is 1. The number of ether oxygens (including phenoxy) is 1. The molecular formula is C20H18F2N2O4. The van der Waals surface area contributed by atoms with Crippen LogP contribution in [0.3, 0.4) is 0 Å². The Morgan fingerprint density at radius 2 is 1.32 bits per heavy atom. The molecule has 0 saturated carbocycles. The van der Waals surface area contributed by atoms with Gasteiger partial charge in [-0.25, -0.2) is 18.4 Å². The Bertz CT molecular complexity index is 1150. The zero-order valence-corrected chi connectivity index (χ0v) is 14.0. The third-order valence-corrected chi connectivity index (χ3v) is 3.98. The van der Waals surface area contributed by atoms with Crippen molar-refractivity contribution in [1.82, 2.24) is 9.97 Å². The average Bonchev–Trinajstić information content (AvgIpc) is 3.32. The highest BCUT2D eigenvalue weighted by Crippen LogP contribution is 2.21. The van der Waals surface area contributed by atoms with E-state index in [0.717, 1.165) is 6.07 Å². The number of hydrogen-bond acceptors (Lipinski definition) is 3. The number of fused-ring (bicyclic) bond motifs is 2. The molecule has 6 nitrogen and oxygen atoms in total. The van der Waals surface area contributed by atoms with Crippen LogP contribution in [0.5, 0.6) is 0 Å². The SMILES string of the molecule is C.COC(=O)c1ccc(F)c2cc[nH]c12.O=C(O)c1ccc(F)c2cc[nH]c12. The number of rotatable bonds is 2. The lowest BCUT2D eigenvalue weighted by atomic mass is 10.1. The highest BCUT2D eigenvalue weighted by atomic mass is 19.1. The second-order valence-corrected chi connectivity index (χ2v) is 5.52.